The number of thiophene rings is 1. The Balaban J connectivity index is 0.00000233. The van der Waals surface area contributed by atoms with Gasteiger partial charge in [0, 0.05) is 40.0 Å². The summed E-state index contributed by atoms with van der Waals surface area (Å²) in [5, 5.41) is 13.9. The zero-order valence-electron chi connectivity index (χ0n) is 16.6. The number of Topliss-reactive ketones (excluding diaryl/α,β-unsaturated/α-hetero) is 1. The summed E-state index contributed by atoms with van der Waals surface area (Å²) in [7, 11) is 0.500. The summed E-state index contributed by atoms with van der Waals surface area (Å²) in [6, 6.07) is 6.44. The van der Waals surface area contributed by atoms with Crippen molar-refractivity contribution >= 4 is 51.0 Å². The highest BCUT2D eigenvalue weighted by atomic mass is 35.5. The number of anilines is 2. The number of allylic oxidation sites excluding steroid dienone is 1. The molecule has 31 heavy (non-hydrogen) atoms. The van der Waals surface area contributed by atoms with Crippen LogP contribution in [-0.2, 0) is 4.79 Å². The fourth-order valence-corrected chi connectivity index (χ4v) is 3.27. The van der Waals surface area contributed by atoms with Gasteiger partial charge in [-0.2, -0.15) is 0 Å². The second kappa shape index (κ2) is 12.6. The van der Waals surface area contributed by atoms with Crippen LogP contribution in [0.15, 0.2) is 41.5 Å². The van der Waals surface area contributed by atoms with Gasteiger partial charge in [0.1, 0.15) is 5.71 Å². The number of rotatable bonds is 9. The van der Waals surface area contributed by atoms with Crippen LogP contribution in [0.1, 0.15) is 22.3 Å². The molecule has 2 rings (SSSR count). The Morgan fingerprint density at radius 1 is 1.29 bits per heavy atom. The van der Waals surface area contributed by atoms with Crippen LogP contribution >= 0.6 is 22.9 Å². The molecule has 0 radical (unpaired) electrons. The number of nitrogens with zero attached hydrogens (tertiary/aromatic N) is 1. The van der Waals surface area contributed by atoms with Crippen molar-refractivity contribution in [2.75, 3.05) is 31.4 Å². The molecular formula is C19H23ClF2N6O2S. The van der Waals surface area contributed by atoms with Crippen molar-refractivity contribution in [3.8, 4) is 0 Å². The highest BCUT2D eigenvalue weighted by molar-refractivity contribution is 7.14. The number of benzene rings is 1. The number of carbonyl (C=O) groups is 2. The predicted octanol–water partition coefficient (Wildman–Crippen LogP) is 3.09. The first-order valence-corrected chi connectivity index (χ1v) is 9.96. The molecule has 0 saturated heterocycles. The first-order valence-electron chi connectivity index (χ1n) is 8.70. The second-order valence-electron chi connectivity index (χ2n) is 5.96. The molecule has 1 aromatic heterocycles. The first kappa shape index (κ1) is 26.0. The zero-order chi connectivity index (χ0) is 23.6. The molecule has 0 aliphatic heterocycles. The van der Waals surface area contributed by atoms with Crippen LogP contribution < -0.4 is 22.6 Å². The molecule has 0 saturated carbocycles. The molecule has 0 spiro atoms. The molecular weight excluding hydrogens is 450 g/mol. The molecule has 1 amide bonds. The van der Waals surface area contributed by atoms with Crippen LogP contribution in [0, 0.1) is 5.41 Å². The highest BCUT2D eigenvalue weighted by Crippen LogP contribution is 2.27. The maximum atomic E-state index is 12.6. The van der Waals surface area contributed by atoms with Crippen molar-refractivity contribution in [3.63, 3.8) is 0 Å². The number of nitrogens with two attached hydrogens (primary N) is 3. The molecule has 12 heteroatoms. The van der Waals surface area contributed by atoms with Gasteiger partial charge in [-0.1, -0.05) is 11.6 Å². The van der Waals surface area contributed by atoms with Crippen LogP contribution in [0.2, 0.25) is 5.02 Å². The maximum absolute atomic E-state index is 12.6. The standard InChI is InChI=1S/C18H20ClFN6O2S.CH3F/c19-10-1-3-12(4-2-10)25-18(28)15-13(9-29-17(15)23)16(22)14(27)8-26(24)7-11(21)5-6-20;1-2/h1-4,7,9,22H,5-6,8,21,23-24H2,(H,25,28);1H3/b11-7-,22-16?;. The summed E-state index contributed by atoms with van der Waals surface area (Å²) < 4.78 is 21.8. The number of hydrogen-bond donors (Lipinski definition) is 5. The van der Waals surface area contributed by atoms with Crippen molar-refractivity contribution in [2.45, 2.75) is 6.42 Å². The van der Waals surface area contributed by atoms with E-state index in [2.05, 4.69) is 5.32 Å². The van der Waals surface area contributed by atoms with Gasteiger partial charge in [0.25, 0.3) is 5.91 Å². The van der Waals surface area contributed by atoms with Gasteiger partial charge in [0.15, 0.2) is 0 Å². The molecule has 2 aromatic rings. The van der Waals surface area contributed by atoms with E-state index in [9.17, 15) is 18.4 Å². The third-order valence-corrected chi connectivity index (χ3v) is 4.80. The molecule has 1 heterocycles. The third-order valence-electron chi connectivity index (χ3n) is 3.74. The molecule has 0 aliphatic rings. The normalized spacial score (nSPS) is 10.7. The second-order valence-corrected chi connectivity index (χ2v) is 7.31. The number of hydrogen-bond acceptors (Lipinski definition) is 8. The summed E-state index contributed by atoms with van der Waals surface area (Å²) >= 11 is 6.86. The number of ketones is 1. The van der Waals surface area contributed by atoms with E-state index in [-0.39, 0.29) is 34.8 Å². The molecule has 0 aliphatic carbocycles. The minimum absolute atomic E-state index is 0.0184. The molecule has 0 fully saturated rings. The molecule has 1 aromatic carbocycles. The van der Waals surface area contributed by atoms with Gasteiger partial charge < -0.3 is 21.8 Å². The zero-order valence-corrected chi connectivity index (χ0v) is 18.2. The van der Waals surface area contributed by atoms with Crippen LogP contribution in [-0.4, -0.2) is 42.8 Å². The lowest BCUT2D eigenvalue weighted by molar-refractivity contribution is -0.113. The Labute approximate surface area is 187 Å². The number of nitrogen functional groups attached to an aromatic ring is 1. The molecule has 0 unspecified atom stereocenters. The quantitative estimate of drug-likeness (QED) is 0.215. The number of amides is 1. The molecule has 0 bridgehead atoms. The topological polar surface area (TPSA) is 151 Å². The van der Waals surface area contributed by atoms with E-state index in [4.69, 9.17) is 34.3 Å². The van der Waals surface area contributed by atoms with Gasteiger partial charge in [0.05, 0.1) is 31.0 Å². The number of nitrogens with one attached hydrogen (secondary N) is 2. The van der Waals surface area contributed by atoms with E-state index in [1.807, 2.05) is 0 Å². The van der Waals surface area contributed by atoms with Crippen LogP contribution in [0.5, 0.6) is 0 Å². The minimum atomic E-state index is -0.657. The van der Waals surface area contributed by atoms with E-state index in [1.54, 1.807) is 24.3 Å². The summed E-state index contributed by atoms with van der Waals surface area (Å²) in [4.78, 5) is 25.0. The SMILES string of the molecule is CF.N=C(C(=O)CN(N)/C=C(\N)CCF)c1csc(N)c1C(=O)Nc1ccc(Cl)cc1. The fraction of sp³-hybridized carbons (Fsp3) is 0.211. The van der Waals surface area contributed by atoms with E-state index in [1.165, 1.54) is 11.6 Å². The van der Waals surface area contributed by atoms with Gasteiger partial charge >= 0.3 is 0 Å². The summed E-state index contributed by atoms with van der Waals surface area (Å²) in [6.07, 6.45) is 1.20. The van der Waals surface area contributed by atoms with Crippen molar-refractivity contribution in [2.24, 2.45) is 11.6 Å². The third kappa shape index (κ3) is 7.63. The lowest BCUT2D eigenvalue weighted by atomic mass is 10.0. The van der Waals surface area contributed by atoms with E-state index in [0.717, 1.165) is 16.3 Å². The molecule has 0 atom stereocenters. The largest absolute Gasteiger partial charge is 0.401 e. The number of alkyl halides is 2. The lowest BCUT2D eigenvalue weighted by Crippen LogP contribution is -2.36. The van der Waals surface area contributed by atoms with Gasteiger partial charge in [-0.3, -0.25) is 23.8 Å². The van der Waals surface area contributed by atoms with Crippen molar-refractivity contribution in [1.82, 2.24) is 5.01 Å². The number of halogens is 3. The molecule has 8 nitrogen and oxygen atoms in total. The monoisotopic (exact) mass is 472 g/mol. The maximum Gasteiger partial charge on any atom is 0.259 e. The van der Waals surface area contributed by atoms with Gasteiger partial charge in [0.2, 0.25) is 5.78 Å². The average molecular weight is 473 g/mol. The number of hydrazine groups is 1. The minimum Gasteiger partial charge on any atom is -0.401 e. The fourth-order valence-electron chi connectivity index (χ4n) is 2.35. The van der Waals surface area contributed by atoms with Crippen molar-refractivity contribution < 1.29 is 18.4 Å². The summed E-state index contributed by atoms with van der Waals surface area (Å²) in [5.41, 5.74) is 11.8. The van der Waals surface area contributed by atoms with E-state index in [0.29, 0.717) is 17.9 Å². The Kier molecular flexibility index (Phi) is 10.6. The van der Waals surface area contributed by atoms with Crippen LogP contribution in [0.4, 0.5) is 19.5 Å². The predicted molar refractivity (Wildman–Crippen MR) is 121 cm³/mol. The van der Waals surface area contributed by atoms with E-state index < -0.39 is 24.1 Å². The van der Waals surface area contributed by atoms with Crippen molar-refractivity contribution in [3.05, 3.63) is 57.7 Å². The summed E-state index contributed by atoms with van der Waals surface area (Å²) in [6.45, 7) is -1.03. The van der Waals surface area contributed by atoms with Gasteiger partial charge in [-0.25, -0.2) is 5.84 Å². The lowest BCUT2D eigenvalue weighted by Gasteiger charge is -2.14. The Morgan fingerprint density at radius 2 is 1.90 bits per heavy atom. The number of carbonyl (C=O) groups excluding carboxylic acids is 2. The van der Waals surface area contributed by atoms with Crippen LogP contribution in [0.25, 0.3) is 0 Å². The Hall–Kier alpha value is -3.02. The Morgan fingerprint density at radius 3 is 2.48 bits per heavy atom. The summed E-state index contributed by atoms with van der Waals surface area (Å²) in [5.74, 6) is 4.45. The molecule has 168 valence electrons. The van der Waals surface area contributed by atoms with Crippen molar-refractivity contribution in [1.29, 1.82) is 5.41 Å². The smallest absolute Gasteiger partial charge is 0.259 e. The van der Waals surface area contributed by atoms with E-state index >= 15 is 0 Å². The van der Waals surface area contributed by atoms with Gasteiger partial charge in [-0.15, -0.1) is 11.3 Å². The van der Waals surface area contributed by atoms with Crippen LogP contribution in [0.3, 0.4) is 0 Å². The first-order chi connectivity index (χ1) is 14.7. The Bertz CT molecular complexity index is 949. The average Bonchev–Trinajstić information content (AvgIpc) is 3.12. The highest BCUT2D eigenvalue weighted by Gasteiger charge is 2.24. The molecule has 8 N–H and O–H groups in total. The van der Waals surface area contributed by atoms with Gasteiger partial charge in [-0.05, 0) is 24.3 Å².